The molecule has 0 aliphatic carbocycles. The maximum absolute atomic E-state index is 13.1. The van der Waals surface area contributed by atoms with Crippen LogP contribution in [0.25, 0.3) is 0 Å². The van der Waals surface area contributed by atoms with Gasteiger partial charge in [-0.25, -0.2) is 4.98 Å². The molecule has 26 heavy (non-hydrogen) atoms. The first-order valence-corrected chi connectivity index (χ1v) is 8.77. The fourth-order valence-electron chi connectivity index (χ4n) is 2.93. The van der Waals surface area contributed by atoms with Crippen LogP contribution in [0.4, 0.5) is 13.2 Å². The summed E-state index contributed by atoms with van der Waals surface area (Å²) in [6.07, 6.45) is -4.41. The summed E-state index contributed by atoms with van der Waals surface area (Å²) in [5, 5.41) is 2.76. The van der Waals surface area contributed by atoms with Gasteiger partial charge in [-0.05, 0) is 18.6 Å². The molecule has 1 aromatic carbocycles. The summed E-state index contributed by atoms with van der Waals surface area (Å²) in [6, 6.07) is 4.76. The van der Waals surface area contributed by atoms with E-state index in [0.29, 0.717) is 10.6 Å². The van der Waals surface area contributed by atoms with Gasteiger partial charge in [-0.15, -0.1) is 11.3 Å². The molecule has 1 atom stereocenters. The van der Waals surface area contributed by atoms with Crippen molar-refractivity contribution in [1.29, 1.82) is 0 Å². The molecular formula is C17H16F3N3O2S. The van der Waals surface area contributed by atoms with Crippen molar-refractivity contribution in [3.8, 4) is 0 Å². The highest BCUT2D eigenvalue weighted by Gasteiger charge is 2.36. The van der Waals surface area contributed by atoms with Gasteiger partial charge in [0.2, 0.25) is 5.91 Å². The standard InChI is InChI=1S/C17H16F3N3O2S/c1-10-15(26-9-21-10)16(25)22-12-6-14(24)23(8-12)7-11-4-2-3-5-13(11)17(18,19)20/h2-5,9,12H,6-8H2,1H3,(H,22,25)/t12-/m1/s1. The Morgan fingerprint density at radius 1 is 1.38 bits per heavy atom. The molecule has 138 valence electrons. The smallest absolute Gasteiger partial charge is 0.346 e. The summed E-state index contributed by atoms with van der Waals surface area (Å²) in [7, 11) is 0. The molecule has 1 saturated heterocycles. The van der Waals surface area contributed by atoms with Crippen LogP contribution in [0.3, 0.4) is 0 Å². The molecule has 2 heterocycles. The predicted octanol–water partition coefficient (Wildman–Crippen LogP) is 3.00. The number of thiazole rings is 1. The van der Waals surface area contributed by atoms with Crippen LogP contribution < -0.4 is 5.32 Å². The third kappa shape index (κ3) is 3.87. The number of nitrogens with one attached hydrogen (secondary N) is 1. The summed E-state index contributed by atoms with van der Waals surface area (Å²) in [6.45, 7) is 1.75. The quantitative estimate of drug-likeness (QED) is 0.883. The Kier molecular flexibility index (Phi) is 4.99. The molecule has 0 saturated carbocycles. The lowest BCUT2D eigenvalue weighted by Gasteiger charge is -2.20. The minimum atomic E-state index is -4.48. The summed E-state index contributed by atoms with van der Waals surface area (Å²) in [5.41, 5.74) is 1.46. The maximum atomic E-state index is 13.1. The van der Waals surface area contributed by atoms with Crippen molar-refractivity contribution >= 4 is 23.2 Å². The molecule has 0 radical (unpaired) electrons. The van der Waals surface area contributed by atoms with Gasteiger partial charge in [0, 0.05) is 19.5 Å². The largest absolute Gasteiger partial charge is 0.416 e. The van der Waals surface area contributed by atoms with Crippen LogP contribution in [0.15, 0.2) is 29.8 Å². The zero-order valence-corrected chi connectivity index (χ0v) is 14.7. The Morgan fingerprint density at radius 3 is 2.77 bits per heavy atom. The minimum absolute atomic E-state index is 0.0404. The number of hydrogen-bond donors (Lipinski definition) is 1. The molecule has 0 bridgehead atoms. The predicted molar refractivity (Wildman–Crippen MR) is 89.6 cm³/mol. The topological polar surface area (TPSA) is 62.3 Å². The first-order valence-electron chi connectivity index (χ1n) is 7.89. The third-order valence-corrected chi connectivity index (χ3v) is 5.11. The highest BCUT2D eigenvalue weighted by Crippen LogP contribution is 2.33. The van der Waals surface area contributed by atoms with E-state index in [1.807, 2.05) is 0 Å². The van der Waals surface area contributed by atoms with Crippen molar-refractivity contribution in [3.05, 3.63) is 51.5 Å². The molecule has 1 aliphatic heterocycles. The highest BCUT2D eigenvalue weighted by atomic mass is 32.1. The molecule has 5 nitrogen and oxygen atoms in total. The monoisotopic (exact) mass is 383 g/mol. The third-order valence-electron chi connectivity index (χ3n) is 4.19. The van der Waals surface area contributed by atoms with Crippen LogP contribution in [-0.4, -0.2) is 34.3 Å². The second-order valence-corrected chi connectivity index (χ2v) is 6.93. The van der Waals surface area contributed by atoms with Gasteiger partial charge in [-0.3, -0.25) is 9.59 Å². The van der Waals surface area contributed by atoms with Crippen LogP contribution in [0.5, 0.6) is 0 Å². The van der Waals surface area contributed by atoms with Crippen molar-refractivity contribution in [2.45, 2.75) is 32.1 Å². The lowest BCUT2D eigenvalue weighted by molar-refractivity contribution is -0.139. The fraction of sp³-hybridized carbons (Fsp3) is 0.353. The summed E-state index contributed by atoms with van der Waals surface area (Å²) < 4.78 is 39.3. The number of nitrogens with zero attached hydrogens (tertiary/aromatic N) is 2. The Balaban J connectivity index is 1.68. The Labute approximate surface area is 151 Å². The summed E-state index contributed by atoms with van der Waals surface area (Å²) >= 11 is 1.20. The summed E-state index contributed by atoms with van der Waals surface area (Å²) in [4.78, 5) is 30.2. The fourth-order valence-corrected chi connectivity index (χ4v) is 3.64. The summed E-state index contributed by atoms with van der Waals surface area (Å²) in [5.74, 6) is -0.603. The van der Waals surface area contributed by atoms with Gasteiger partial charge in [0.1, 0.15) is 4.88 Å². The number of amides is 2. The average molecular weight is 383 g/mol. The molecule has 0 unspecified atom stereocenters. The van der Waals surface area contributed by atoms with Gasteiger partial charge < -0.3 is 10.2 Å². The van der Waals surface area contributed by atoms with E-state index in [2.05, 4.69) is 10.3 Å². The van der Waals surface area contributed by atoms with Crippen LogP contribution in [0.2, 0.25) is 0 Å². The van der Waals surface area contributed by atoms with E-state index in [4.69, 9.17) is 0 Å². The van der Waals surface area contributed by atoms with E-state index < -0.39 is 17.8 Å². The molecule has 1 aromatic heterocycles. The van der Waals surface area contributed by atoms with Gasteiger partial charge in [-0.1, -0.05) is 18.2 Å². The lowest BCUT2D eigenvalue weighted by atomic mass is 10.1. The molecular weight excluding hydrogens is 367 g/mol. The number of alkyl halides is 3. The van der Waals surface area contributed by atoms with Crippen molar-refractivity contribution < 1.29 is 22.8 Å². The molecule has 1 N–H and O–H groups in total. The van der Waals surface area contributed by atoms with Gasteiger partial charge >= 0.3 is 6.18 Å². The van der Waals surface area contributed by atoms with E-state index in [0.717, 1.165) is 6.07 Å². The van der Waals surface area contributed by atoms with Crippen molar-refractivity contribution in [2.75, 3.05) is 6.54 Å². The second kappa shape index (κ2) is 7.06. The van der Waals surface area contributed by atoms with Crippen molar-refractivity contribution in [3.63, 3.8) is 0 Å². The molecule has 3 rings (SSSR count). The van der Waals surface area contributed by atoms with E-state index >= 15 is 0 Å². The van der Waals surface area contributed by atoms with Crippen LogP contribution in [0.1, 0.15) is 32.9 Å². The van der Waals surface area contributed by atoms with E-state index in [1.54, 1.807) is 12.4 Å². The zero-order chi connectivity index (χ0) is 18.9. The first-order chi connectivity index (χ1) is 12.3. The number of halogens is 3. The number of aryl methyl sites for hydroxylation is 1. The van der Waals surface area contributed by atoms with E-state index in [1.165, 1.54) is 34.4 Å². The first kappa shape index (κ1) is 18.4. The normalized spacial score (nSPS) is 17.6. The Morgan fingerprint density at radius 2 is 2.12 bits per heavy atom. The van der Waals surface area contributed by atoms with Crippen molar-refractivity contribution in [2.24, 2.45) is 0 Å². The van der Waals surface area contributed by atoms with Crippen molar-refractivity contribution in [1.82, 2.24) is 15.2 Å². The Bertz CT molecular complexity index is 835. The van der Waals surface area contributed by atoms with Gasteiger partial charge in [0.25, 0.3) is 5.91 Å². The van der Waals surface area contributed by atoms with Crippen LogP contribution in [-0.2, 0) is 17.5 Å². The second-order valence-electron chi connectivity index (χ2n) is 6.07. The Hall–Kier alpha value is -2.42. The van der Waals surface area contributed by atoms with Gasteiger partial charge in [-0.2, -0.15) is 13.2 Å². The number of hydrogen-bond acceptors (Lipinski definition) is 4. The van der Waals surface area contributed by atoms with E-state index in [9.17, 15) is 22.8 Å². The lowest BCUT2D eigenvalue weighted by Crippen LogP contribution is -2.37. The number of carbonyl (C=O) groups excluding carboxylic acids is 2. The molecule has 0 spiro atoms. The molecule has 9 heteroatoms. The van der Waals surface area contributed by atoms with E-state index in [-0.39, 0.29) is 36.9 Å². The number of benzene rings is 1. The molecule has 1 fully saturated rings. The zero-order valence-electron chi connectivity index (χ0n) is 13.8. The maximum Gasteiger partial charge on any atom is 0.416 e. The number of carbonyl (C=O) groups is 2. The average Bonchev–Trinajstić information content (AvgIpc) is 3.13. The number of rotatable bonds is 4. The van der Waals surface area contributed by atoms with Crippen LogP contribution in [0, 0.1) is 6.92 Å². The SMILES string of the molecule is Cc1ncsc1C(=O)N[C@@H]1CC(=O)N(Cc2ccccc2C(F)(F)F)C1. The van der Waals surface area contributed by atoms with Gasteiger partial charge in [0.05, 0.1) is 22.8 Å². The number of aromatic nitrogens is 1. The van der Waals surface area contributed by atoms with Crippen LogP contribution >= 0.6 is 11.3 Å². The molecule has 1 aliphatic rings. The highest BCUT2D eigenvalue weighted by molar-refractivity contribution is 7.11. The van der Waals surface area contributed by atoms with Gasteiger partial charge in [0.15, 0.2) is 0 Å². The minimum Gasteiger partial charge on any atom is -0.346 e. The number of likely N-dealkylation sites (tertiary alicyclic amines) is 1. The molecule has 2 aromatic rings. The molecule has 2 amide bonds.